The van der Waals surface area contributed by atoms with Crippen molar-refractivity contribution in [3.63, 3.8) is 0 Å². The highest BCUT2D eigenvalue weighted by molar-refractivity contribution is 7.99. The highest BCUT2D eigenvalue weighted by Gasteiger charge is 2.14. The smallest absolute Gasteiger partial charge is 0.107 e. The predicted molar refractivity (Wildman–Crippen MR) is 95.2 cm³/mol. The fourth-order valence-electron chi connectivity index (χ4n) is 2.10. The molecule has 1 heterocycles. The number of nitrogens with two attached hydrogens (primary N) is 1. The van der Waals surface area contributed by atoms with Gasteiger partial charge in [-0.1, -0.05) is 25.2 Å². The van der Waals surface area contributed by atoms with Gasteiger partial charge >= 0.3 is 0 Å². The van der Waals surface area contributed by atoms with Crippen molar-refractivity contribution < 1.29 is 0 Å². The average molecular weight is 323 g/mol. The van der Waals surface area contributed by atoms with Gasteiger partial charge in [0.2, 0.25) is 0 Å². The summed E-state index contributed by atoms with van der Waals surface area (Å²) in [6, 6.07) is 8.39. The van der Waals surface area contributed by atoms with Crippen LogP contribution in [0.5, 0.6) is 0 Å². The van der Waals surface area contributed by atoms with Crippen molar-refractivity contribution in [2.75, 3.05) is 17.7 Å². The zero-order valence-electron chi connectivity index (χ0n) is 11.6. The van der Waals surface area contributed by atoms with Crippen LogP contribution in [-0.2, 0) is 6.54 Å². The van der Waals surface area contributed by atoms with Crippen molar-refractivity contribution in [2.45, 2.75) is 18.4 Å². The lowest BCUT2D eigenvalue weighted by Gasteiger charge is -2.23. The van der Waals surface area contributed by atoms with E-state index in [1.807, 2.05) is 0 Å². The van der Waals surface area contributed by atoms with Gasteiger partial charge in [-0.2, -0.15) is 11.3 Å². The summed E-state index contributed by atoms with van der Waals surface area (Å²) in [6.45, 7) is 3.00. The van der Waals surface area contributed by atoms with Crippen LogP contribution in [0.15, 0.2) is 39.9 Å². The predicted octanol–water partition coefficient (Wildman–Crippen LogP) is 4.13. The lowest BCUT2D eigenvalue weighted by Crippen LogP contribution is -2.22. The highest BCUT2D eigenvalue weighted by atomic mass is 32.2. The molecule has 0 unspecified atom stereocenters. The molecule has 1 aromatic carbocycles. The second-order valence-corrected chi connectivity index (χ2v) is 6.96. The Hall–Kier alpha value is -1.04. The van der Waals surface area contributed by atoms with Crippen LogP contribution in [0.25, 0.3) is 0 Å². The van der Waals surface area contributed by atoms with Gasteiger partial charge in [0.25, 0.3) is 0 Å². The summed E-state index contributed by atoms with van der Waals surface area (Å²) in [7, 11) is 2.08. The SMILES string of the molecule is CCSc1cccc(N(C)Cc2ccsc2)c1C(N)=S. The molecule has 0 aliphatic heterocycles. The first kappa shape index (κ1) is 15.4. The minimum absolute atomic E-state index is 0.466. The fraction of sp³-hybridized carbons (Fsp3) is 0.267. The first-order valence-corrected chi connectivity index (χ1v) is 8.75. The molecular weight excluding hydrogens is 304 g/mol. The molecule has 5 heteroatoms. The van der Waals surface area contributed by atoms with Crippen molar-refractivity contribution in [2.24, 2.45) is 5.73 Å². The van der Waals surface area contributed by atoms with E-state index in [-0.39, 0.29) is 0 Å². The van der Waals surface area contributed by atoms with Crippen molar-refractivity contribution >= 4 is 46.0 Å². The summed E-state index contributed by atoms with van der Waals surface area (Å²) in [6.07, 6.45) is 0. The zero-order chi connectivity index (χ0) is 14.5. The number of anilines is 1. The number of thioether (sulfide) groups is 1. The number of hydrogen-bond donors (Lipinski definition) is 1. The molecule has 0 fully saturated rings. The van der Waals surface area contributed by atoms with Gasteiger partial charge in [0.1, 0.15) is 4.99 Å². The van der Waals surface area contributed by atoms with E-state index in [9.17, 15) is 0 Å². The number of rotatable bonds is 6. The van der Waals surface area contributed by atoms with Crippen LogP contribution in [0, 0.1) is 0 Å². The summed E-state index contributed by atoms with van der Waals surface area (Å²) >= 11 is 8.75. The maximum absolute atomic E-state index is 5.95. The first-order chi connectivity index (χ1) is 9.63. The fourth-order valence-corrected chi connectivity index (χ4v) is 3.89. The lowest BCUT2D eigenvalue weighted by molar-refractivity contribution is 0.923. The van der Waals surface area contributed by atoms with Crippen LogP contribution in [0.2, 0.25) is 0 Å². The first-order valence-electron chi connectivity index (χ1n) is 6.41. The monoisotopic (exact) mass is 322 g/mol. The average Bonchev–Trinajstić information content (AvgIpc) is 2.91. The van der Waals surface area contributed by atoms with Gasteiger partial charge in [-0.15, -0.1) is 11.8 Å². The summed E-state index contributed by atoms with van der Waals surface area (Å²) < 4.78 is 0. The van der Waals surface area contributed by atoms with Crippen LogP contribution < -0.4 is 10.6 Å². The van der Waals surface area contributed by atoms with E-state index in [0.717, 1.165) is 28.4 Å². The second kappa shape index (κ2) is 7.11. The summed E-state index contributed by atoms with van der Waals surface area (Å²) in [5, 5.41) is 4.27. The Labute approximate surface area is 134 Å². The Bertz CT molecular complexity index is 579. The van der Waals surface area contributed by atoms with E-state index >= 15 is 0 Å². The van der Waals surface area contributed by atoms with Gasteiger partial charge < -0.3 is 10.6 Å². The number of thiophene rings is 1. The van der Waals surface area contributed by atoms with Gasteiger partial charge in [-0.05, 0) is 40.3 Å². The van der Waals surface area contributed by atoms with Crippen molar-refractivity contribution in [1.29, 1.82) is 0 Å². The topological polar surface area (TPSA) is 29.3 Å². The number of thiocarbonyl (C=S) groups is 1. The quantitative estimate of drug-likeness (QED) is 0.639. The molecule has 2 rings (SSSR count). The molecule has 0 amide bonds. The van der Waals surface area contributed by atoms with E-state index in [2.05, 4.69) is 53.9 Å². The van der Waals surface area contributed by atoms with Crippen molar-refractivity contribution in [1.82, 2.24) is 0 Å². The molecule has 0 atom stereocenters. The minimum Gasteiger partial charge on any atom is -0.389 e. The summed E-state index contributed by atoms with van der Waals surface area (Å²) in [4.78, 5) is 3.83. The molecular formula is C15H18N2S3. The van der Waals surface area contributed by atoms with E-state index in [1.165, 1.54) is 5.56 Å². The standard InChI is InChI=1S/C15H18N2S3/c1-3-20-13-6-4-5-12(14(13)15(16)18)17(2)9-11-7-8-19-10-11/h4-8,10H,3,9H2,1-2H3,(H2,16,18). The van der Waals surface area contributed by atoms with Crippen LogP contribution in [0.1, 0.15) is 18.1 Å². The molecule has 0 aliphatic carbocycles. The third kappa shape index (κ3) is 3.53. The minimum atomic E-state index is 0.466. The Morgan fingerprint density at radius 2 is 2.20 bits per heavy atom. The zero-order valence-corrected chi connectivity index (χ0v) is 14.1. The van der Waals surface area contributed by atoms with E-state index in [4.69, 9.17) is 18.0 Å². The molecule has 1 aromatic heterocycles. The Morgan fingerprint density at radius 1 is 1.40 bits per heavy atom. The summed E-state index contributed by atoms with van der Waals surface area (Å²) in [5.41, 5.74) is 9.35. The lowest BCUT2D eigenvalue weighted by atomic mass is 10.1. The number of nitrogens with zero attached hydrogens (tertiary/aromatic N) is 1. The number of hydrogen-bond acceptors (Lipinski definition) is 4. The normalized spacial score (nSPS) is 10.5. The molecule has 0 radical (unpaired) electrons. The molecule has 106 valence electrons. The number of benzene rings is 1. The third-order valence-corrected chi connectivity index (χ3v) is 4.84. The Balaban J connectivity index is 2.34. The van der Waals surface area contributed by atoms with Gasteiger partial charge in [0.15, 0.2) is 0 Å². The molecule has 0 bridgehead atoms. The molecule has 0 saturated heterocycles. The van der Waals surface area contributed by atoms with Crippen molar-refractivity contribution in [3.8, 4) is 0 Å². The van der Waals surface area contributed by atoms with Crippen LogP contribution in [0.3, 0.4) is 0 Å². The molecule has 2 nitrogen and oxygen atoms in total. The van der Waals surface area contributed by atoms with Gasteiger partial charge in [0.05, 0.1) is 0 Å². The Kier molecular flexibility index (Phi) is 5.46. The maximum Gasteiger partial charge on any atom is 0.107 e. The summed E-state index contributed by atoms with van der Waals surface area (Å²) in [5.74, 6) is 1.01. The molecule has 2 aromatic rings. The van der Waals surface area contributed by atoms with E-state index < -0.39 is 0 Å². The molecule has 0 aliphatic rings. The van der Waals surface area contributed by atoms with Gasteiger partial charge in [-0.25, -0.2) is 0 Å². The van der Waals surface area contributed by atoms with Crippen LogP contribution >= 0.6 is 35.3 Å². The molecule has 0 saturated carbocycles. The maximum atomic E-state index is 5.95. The molecule has 2 N–H and O–H groups in total. The largest absolute Gasteiger partial charge is 0.389 e. The van der Waals surface area contributed by atoms with E-state index in [1.54, 1.807) is 23.1 Å². The molecule has 0 spiro atoms. The third-order valence-electron chi connectivity index (χ3n) is 2.96. The Morgan fingerprint density at radius 3 is 2.80 bits per heavy atom. The van der Waals surface area contributed by atoms with Gasteiger partial charge in [0, 0.05) is 29.7 Å². The van der Waals surface area contributed by atoms with Crippen LogP contribution in [0.4, 0.5) is 5.69 Å². The van der Waals surface area contributed by atoms with Crippen LogP contribution in [-0.4, -0.2) is 17.8 Å². The molecule has 20 heavy (non-hydrogen) atoms. The van der Waals surface area contributed by atoms with Gasteiger partial charge in [-0.3, -0.25) is 0 Å². The van der Waals surface area contributed by atoms with E-state index in [0.29, 0.717) is 4.99 Å². The van der Waals surface area contributed by atoms with Crippen molar-refractivity contribution in [3.05, 3.63) is 46.2 Å². The second-order valence-electron chi connectivity index (χ2n) is 4.44. The highest BCUT2D eigenvalue weighted by Crippen LogP contribution is 2.31.